The molecule has 18 heavy (non-hydrogen) atoms. The van der Waals surface area contributed by atoms with Crippen molar-refractivity contribution in [3.63, 3.8) is 0 Å². The molecule has 1 saturated heterocycles. The zero-order valence-electron chi connectivity index (χ0n) is 12.0. The summed E-state index contributed by atoms with van der Waals surface area (Å²) in [6.07, 6.45) is 14.6. The number of allylic oxidation sites excluding steroid dienone is 1. The van der Waals surface area contributed by atoms with Crippen molar-refractivity contribution in [2.24, 2.45) is 5.92 Å². The Hall–Kier alpha value is -0.340. The van der Waals surface area contributed by atoms with E-state index in [9.17, 15) is 0 Å². The van der Waals surface area contributed by atoms with Gasteiger partial charge < -0.3 is 5.32 Å². The summed E-state index contributed by atoms with van der Waals surface area (Å²) in [6, 6.07) is 0.731. The first-order chi connectivity index (χ1) is 8.90. The van der Waals surface area contributed by atoms with Gasteiger partial charge >= 0.3 is 0 Å². The molecule has 0 bridgehead atoms. The highest BCUT2D eigenvalue weighted by atomic mass is 15.2. The lowest BCUT2D eigenvalue weighted by Crippen LogP contribution is -2.44. The summed E-state index contributed by atoms with van der Waals surface area (Å²) in [6.45, 7) is 7.15. The molecule has 0 amide bonds. The van der Waals surface area contributed by atoms with Crippen LogP contribution in [0.1, 0.15) is 51.9 Å². The second kappa shape index (κ2) is 7.96. The molecule has 2 rings (SSSR count). The van der Waals surface area contributed by atoms with Crippen LogP contribution in [0.2, 0.25) is 0 Å². The molecular formula is C16H30N2. The predicted molar refractivity (Wildman–Crippen MR) is 78.9 cm³/mol. The molecule has 2 aliphatic rings. The Morgan fingerprint density at radius 3 is 3.00 bits per heavy atom. The van der Waals surface area contributed by atoms with E-state index in [1.54, 1.807) is 0 Å². The molecule has 2 heteroatoms. The van der Waals surface area contributed by atoms with Crippen molar-refractivity contribution >= 4 is 0 Å². The van der Waals surface area contributed by atoms with Crippen LogP contribution in [0.3, 0.4) is 0 Å². The van der Waals surface area contributed by atoms with Crippen molar-refractivity contribution in [2.75, 3.05) is 26.2 Å². The average molecular weight is 250 g/mol. The number of rotatable bonds is 4. The van der Waals surface area contributed by atoms with Crippen LogP contribution in [0.5, 0.6) is 0 Å². The standard InChI is InChI=1S/C16H30N2/c1-2-17-13-15-9-8-12-18(14-15)16-10-6-4-3-5-7-11-16/h6,10,15-17H,2-5,7-9,11-14H2,1H3/b10-6+. The van der Waals surface area contributed by atoms with Gasteiger partial charge in [0.2, 0.25) is 0 Å². The maximum Gasteiger partial charge on any atom is 0.0278 e. The summed E-state index contributed by atoms with van der Waals surface area (Å²) >= 11 is 0. The third-order valence-electron chi connectivity index (χ3n) is 4.43. The fraction of sp³-hybridized carbons (Fsp3) is 0.875. The minimum atomic E-state index is 0.731. The van der Waals surface area contributed by atoms with Gasteiger partial charge in [0.05, 0.1) is 0 Å². The zero-order valence-corrected chi connectivity index (χ0v) is 12.0. The van der Waals surface area contributed by atoms with Crippen molar-refractivity contribution < 1.29 is 0 Å². The van der Waals surface area contributed by atoms with Gasteiger partial charge in [-0.3, -0.25) is 4.90 Å². The first-order valence-electron chi connectivity index (χ1n) is 8.01. The van der Waals surface area contributed by atoms with Gasteiger partial charge in [-0.25, -0.2) is 0 Å². The maximum absolute atomic E-state index is 3.52. The first-order valence-corrected chi connectivity index (χ1v) is 8.01. The Labute approximate surface area is 113 Å². The van der Waals surface area contributed by atoms with E-state index in [1.807, 2.05) is 0 Å². The molecule has 1 aliphatic carbocycles. The number of likely N-dealkylation sites (tertiary alicyclic amines) is 1. The summed E-state index contributed by atoms with van der Waals surface area (Å²) in [7, 11) is 0. The van der Waals surface area contributed by atoms with Crippen LogP contribution >= 0.6 is 0 Å². The van der Waals surface area contributed by atoms with Gasteiger partial charge in [0.1, 0.15) is 0 Å². The van der Waals surface area contributed by atoms with E-state index < -0.39 is 0 Å². The van der Waals surface area contributed by atoms with Gasteiger partial charge in [0.25, 0.3) is 0 Å². The molecule has 0 spiro atoms. The van der Waals surface area contributed by atoms with E-state index >= 15 is 0 Å². The molecule has 0 radical (unpaired) electrons. The Balaban J connectivity index is 1.84. The minimum absolute atomic E-state index is 0.731. The number of piperidine rings is 1. The Bertz CT molecular complexity index is 249. The third kappa shape index (κ3) is 4.40. The van der Waals surface area contributed by atoms with Crippen molar-refractivity contribution in [2.45, 2.75) is 57.9 Å². The molecular weight excluding hydrogens is 220 g/mol. The number of nitrogens with one attached hydrogen (secondary N) is 1. The second-order valence-electron chi connectivity index (χ2n) is 5.94. The van der Waals surface area contributed by atoms with Crippen molar-refractivity contribution in [3.8, 4) is 0 Å². The molecule has 0 saturated carbocycles. The summed E-state index contributed by atoms with van der Waals surface area (Å²) in [5.41, 5.74) is 0. The lowest BCUT2D eigenvalue weighted by Gasteiger charge is -2.37. The molecule has 0 aromatic heterocycles. The highest BCUT2D eigenvalue weighted by Gasteiger charge is 2.24. The predicted octanol–water partition coefficient (Wildman–Crippen LogP) is 3.20. The van der Waals surface area contributed by atoms with Crippen LogP contribution in [-0.4, -0.2) is 37.1 Å². The summed E-state index contributed by atoms with van der Waals surface area (Å²) in [4.78, 5) is 2.74. The topological polar surface area (TPSA) is 15.3 Å². The lowest BCUT2D eigenvalue weighted by molar-refractivity contribution is 0.136. The van der Waals surface area contributed by atoms with Gasteiger partial charge in [-0.1, -0.05) is 31.9 Å². The van der Waals surface area contributed by atoms with Gasteiger partial charge in [-0.05, 0) is 57.7 Å². The Morgan fingerprint density at radius 1 is 1.17 bits per heavy atom. The Morgan fingerprint density at radius 2 is 2.11 bits per heavy atom. The molecule has 0 aromatic rings. The van der Waals surface area contributed by atoms with Crippen LogP contribution < -0.4 is 5.32 Å². The Kier molecular flexibility index (Phi) is 6.22. The van der Waals surface area contributed by atoms with E-state index in [2.05, 4.69) is 29.3 Å². The van der Waals surface area contributed by atoms with Crippen molar-refractivity contribution in [1.82, 2.24) is 10.2 Å². The summed E-state index contributed by atoms with van der Waals surface area (Å²) in [5, 5.41) is 3.52. The van der Waals surface area contributed by atoms with E-state index in [-0.39, 0.29) is 0 Å². The highest BCUT2D eigenvalue weighted by Crippen LogP contribution is 2.23. The minimum Gasteiger partial charge on any atom is -0.317 e. The largest absolute Gasteiger partial charge is 0.317 e. The smallest absolute Gasteiger partial charge is 0.0278 e. The van der Waals surface area contributed by atoms with Crippen LogP contribution in [0.4, 0.5) is 0 Å². The molecule has 0 aromatic carbocycles. The van der Waals surface area contributed by atoms with E-state index in [4.69, 9.17) is 0 Å². The first kappa shape index (κ1) is 14.1. The number of hydrogen-bond donors (Lipinski definition) is 1. The average Bonchev–Trinajstić information content (AvgIpc) is 2.36. The molecule has 1 fully saturated rings. The fourth-order valence-corrected chi connectivity index (χ4v) is 3.36. The van der Waals surface area contributed by atoms with Gasteiger partial charge in [0, 0.05) is 12.6 Å². The molecule has 2 nitrogen and oxygen atoms in total. The van der Waals surface area contributed by atoms with E-state index in [0.717, 1.165) is 18.5 Å². The van der Waals surface area contributed by atoms with Crippen molar-refractivity contribution in [3.05, 3.63) is 12.2 Å². The molecule has 1 heterocycles. The van der Waals surface area contributed by atoms with E-state index in [1.165, 1.54) is 64.6 Å². The van der Waals surface area contributed by atoms with Crippen LogP contribution in [0.15, 0.2) is 12.2 Å². The summed E-state index contributed by atoms with van der Waals surface area (Å²) in [5.74, 6) is 0.873. The van der Waals surface area contributed by atoms with Gasteiger partial charge in [0.15, 0.2) is 0 Å². The van der Waals surface area contributed by atoms with Crippen molar-refractivity contribution in [1.29, 1.82) is 0 Å². The third-order valence-corrected chi connectivity index (χ3v) is 4.43. The van der Waals surface area contributed by atoms with E-state index in [0.29, 0.717) is 0 Å². The molecule has 1 aliphatic heterocycles. The normalized spacial score (nSPS) is 32.7. The monoisotopic (exact) mass is 250 g/mol. The molecule has 2 atom stereocenters. The van der Waals surface area contributed by atoms with Gasteiger partial charge in [-0.15, -0.1) is 0 Å². The quantitative estimate of drug-likeness (QED) is 0.771. The molecule has 104 valence electrons. The highest BCUT2D eigenvalue weighted by molar-refractivity contribution is 4.97. The molecule has 2 unspecified atom stereocenters. The summed E-state index contributed by atoms with van der Waals surface area (Å²) < 4.78 is 0. The van der Waals surface area contributed by atoms with Crippen LogP contribution in [0, 0.1) is 5.92 Å². The van der Waals surface area contributed by atoms with Crippen LogP contribution in [0.25, 0.3) is 0 Å². The SMILES string of the molecule is CCNCC1CCCN(C2/C=C/CCCCC2)C1. The van der Waals surface area contributed by atoms with Gasteiger partial charge in [-0.2, -0.15) is 0 Å². The lowest BCUT2D eigenvalue weighted by atomic mass is 9.94. The fourth-order valence-electron chi connectivity index (χ4n) is 3.36. The molecule has 1 N–H and O–H groups in total. The number of nitrogens with zero attached hydrogens (tertiary/aromatic N) is 1. The number of hydrogen-bond acceptors (Lipinski definition) is 2. The second-order valence-corrected chi connectivity index (χ2v) is 5.94. The van der Waals surface area contributed by atoms with Crippen LogP contribution in [-0.2, 0) is 0 Å². The maximum atomic E-state index is 3.52. The zero-order chi connectivity index (χ0) is 12.6.